The Hall–Kier alpha value is -1.42. The van der Waals surface area contributed by atoms with Crippen LogP contribution in [0.5, 0.6) is 0 Å². The van der Waals surface area contributed by atoms with E-state index in [4.69, 9.17) is 34.8 Å². The summed E-state index contributed by atoms with van der Waals surface area (Å²) in [7, 11) is 0. The first-order chi connectivity index (χ1) is 10.8. The van der Waals surface area contributed by atoms with Crippen LogP contribution in [0.4, 0.5) is 5.69 Å². The maximum absolute atomic E-state index is 12.3. The molecule has 0 aliphatic carbocycles. The largest absolute Gasteiger partial charge is 0.362 e. The molecule has 2 N–H and O–H groups in total. The zero-order chi connectivity index (χ0) is 17.0. The number of aryl methyl sites for hydroxylation is 2. The molecule has 0 spiro atoms. The van der Waals surface area contributed by atoms with Crippen LogP contribution in [-0.2, 0) is 0 Å². The average Bonchev–Trinajstić information content (AvgIpc) is 2.48. The topological polar surface area (TPSA) is 41.1 Å². The van der Waals surface area contributed by atoms with Crippen molar-refractivity contribution >= 4 is 46.4 Å². The number of halogens is 3. The molecule has 0 saturated carbocycles. The van der Waals surface area contributed by atoms with E-state index in [1.165, 1.54) is 0 Å². The van der Waals surface area contributed by atoms with E-state index in [9.17, 15) is 4.79 Å². The second kappa shape index (κ2) is 7.43. The number of benzene rings is 2. The van der Waals surface area contributed by atoms with E-state index in [2.05, 4.69) is 10.6 Å². The van der Waals surface area contributed by atoms with Crippen LogP contribution >= 0.6 is 34.8 Å². The lowest BCUT2D eigenvalue weighted by atomic mass is 10.1. The molecule has 2 aromatic rings. The molecule has 122 valence electrons. The maximum atomic E-state index is 12.3. The quantitative estimate of drug-likeness (QED) is 0.596. The van der Waals surface area contributed by atoms with Crippen molar-refractivity contribution in [2.45, 2.75) is 23.8 Å². The van der Waals surface area contributed by atoms with Crippen LogP contribution in [0.1, 0.15) is 21.5 Å². The highest BCUT2D eigenvalue weighted by Crippen LogP contribution is 2.31. The fourth-order valence-electron chi connectivity index (χ4n) is 1.94. The minimum Gasteiger partial charge on any atom is -0.362 e. The van der Waals surface area contributed by atoms with Gasteiger partial charge >= 0.3 is 0 Å². The minimum absolute atomic E-state index is 0.319. The smallest absolute Gasteiger partial charge is 0.252 e. The molecule has 1 unspecified atom stereocenters. The molecule has 2 aromatic carbocycles. The van der Waals surface area contributed by atoms with Crippen molar-refractivity contribution in [2.75, 3.05) is 5.32 Å². The number of hydrogen-bond donors (Lipinski definition) is 2. The van der Waals surface area contributed by atoms with Gasteiger partial charge in [-0.05, 0) is 38.1 Å². The van der Waals surface area contributed by atoms with Gasteiger partial charge in [0.05, 0.1) is 0 Å². The van der Waals surface area contributed by atoms with E-state index in [1.54, 1.807) is 12.1 Å². The molecule has 0 fully saturated rings. The Kier molecular flexibility index (Phi) is 5.79. The molecule has 0 aliphatic heterocycles. The van der Waals surface area contributed by atoms with E-state index in [-0.39, 0.29) is 5.91 Å². The van der Waals surface area contributed by atoms with Gasteiger partial charge in [0, 0.05) is 11.3 Å². The number of carbonyl (C=O) groups is 1. The standard InChI is InChI=1S/C17H17Cl3N2O/c1-11-3-7-13(8-4-11)15(23)22-16(17(18,19)20)21-14-9-5-12(2)6-10-14/h3-10,16,21H,1-2H3,(H,22,23). The van der Waals surface area contributed by atoms with Crippen LogP contribution in [-0.4, -0.2) is 15.9 Å². The number of nitrogens with one attached hydrogen (secondary N) is 2. The third kappa shape index (κ3) is 5.31. The van der Waals surface area contributed by atoms with Crippen molar-refractivity contribution in [3.05, 3.63) is 65.2 Å². The van der Waals surface area contributed by atoms with Gasteiger partial charge in [-0.1, -0.05) is 70.2 Å². The molecule has 2 rings (SSSR count). The summed E-state index contributed by atoms with van der Waals surface area (Å²) in [6.45, 7) is 3.93. The first-order valence-electron chi connectivity index (χ1n) is 7.03. The maximum Gasteiger partial charge on any atom is 0.252 e. The number of hydrogen-bond acceptors (Lipinski definition) is 2. The van der Waals surface area contributed by atoms with Crippen molar-refractivity contribution < 1.29 is 4.79 Å². The summed E-state index contributed by atoms with van der Waals surface area (Å²) < 4.78 is -1.70. The Bertz CT molecular complexity index is 664. The van der Waals surface area contributed by atoms with E-state index in [0.717, 1.165) is 16.8 Å². The van der Waals surface area contributed by atoms with E-state index in [1.807, 2.05) is 50.2 Å². The predicted molar refractivity (Wildman–Crippen MR) is 97.5 cm³/mol. The normalized spacial score (nSPS) is 12.6. The van der Waals surface area contributed by atoms with Gasteiger partial charge in [-0.2, -0.15) is 0 Å². The van der Waals surface area contributed by atoms with Crippen molar-refractivity contribution in [2.24, 2.45) is 0 Å². The minimum atomic E-state index is -1.70. The second-order valence-corrected chi connectivity index (χ2v) is 7.69. The summed E-state index contributed by atoms with van der Waals surface area (Å²) in [6, 6.07) is 14.7. The van der Waals surface area contributed by atoms with Crippen LogP contribution in [0, 0.1) is 13.8 Å². The Morgan fingerprint density at radius 3 is 1.87 bits per heavy atom. The van der Waals surface area contributed by atoms with Crippen LogP contribution in [0.25, 0.3) is 0 Å². The molecule has 0 heterocycles. The van der Waals surface area contributed by atoms with E-state index < -0.39 is 9.96 Å². The Balaban J connectivity index is 2.14. The first kappa shape index (κ1) is 17.9. The van der Waals surface area contributed by atoms with Gasteiger partial charge in [0.2, 0.25) is 3.79 Å². The number of amides is 1. The number of carbonyl (C=O) groups excluding carboxylic acids is 1. The molecule has 0 aliphatic rings. The van der Waals surface area contributed by atoms with E-state index >= 15 is 0 Å². The SMILES string of the molecule is Cc1ccc(NC(NC(=O)c2ccc(C)cc2)C(Cl)(Cl)Cl)cc1. The molecular formula is C17H17Cl3N2O. The van der Waals surface area contributed by atoms with E-state index in [0.29, 0.717) is 5.56 Å². The van der Waals surface area contributed by atoms with Crippen LogP contribution in [0.15, 0.2) is 48.5 Å². The van der Waals surface area contributed by atoms with Crippen molar-refractivity contribution in [3.63, 3.8) is 0 Å². The monoisotopic (exact) mass is 370 g/mol. The van der Waals surface area contributed by atoms with Gasteiger partial charge in [-0.3, -0.25) is 4.79 Å². The van der Waals surface area contributed by atoms with Gasteiger partial charge < -0.3 is 10.6 Å². The average molecular weight is 372 g/mol. The number of alkyl halides is 3. The highest BCUT2D eigenvalue weighted by Gasteiger charge is 2.34. The predicted octanol–water partition coefficient (Wildman–Crippen LogP) is 4.84. The Morgan fingerprint density at radius 1 is 0.913 bits per heavy atom. The summed E-state index contributed by atoms with van der Waals surface area (Å²) in [5.74, 6) is -0.319. The van der Waals surface area contributed by atoms with Gasteiger partial charge in [-0.25, -0.2) is 0 Å². The summed E-state index contributed by atoms with van der Waals surface area (Å²) in [4.78, 5) is 12.3. The van der Waals surface area contributed by atoms with Crippen molar-refractivity contribution in [1.29, 1.82) is 0 Å². The van der Waals surface area contributed by atoms with Crippen molar-refractivity contribution in [1.82, 2.24) is 5.32 Å². The van der Waals surface area contributed by atoms with Crippen LogP contribution < -0.4 is 10.6 Å². The molecular weight excluding hydrogens is 355 g/mol. The highest BCUT2D eigenvalue weighted by molar-refractivity contribution is 6.68. The molecule has 3 nitrogen and oxygen atoms in total. The molecule has 23 heavy (non-hydrogen) atoms. The lowest BCUT2D eigenvalue weighted by Crippen LogP contribution is -2.49. The summed E-state index contributed by atoms with van der Waals surface area (Å²) >= 11 is 18.0. The Labute approximate surface area is 150 Å². The zero-order valence-corrected chi connectivity index (χ0v) is 15.0. The lowest BCUT2D eigenvalue weighted by molar-refractivity contribution is 0.0942. The molecule has 0 radical (unpaired) electrons. The van der Waals surface area contributed by atoms with Crippen LogP contribution in [0.3, 0.4) is 0 Å². The van der Waals surface area contributed by atoms with Crippen molar-refractivity contribution in [3.8, 4) is 0 Å². The molecule has 6 heteroatoms. The fraction of sp³-hybridized carbons (Fsp3) is 0.235. The summed E-state index contributed by atoms with van der Waals surface area (Å²) in [6.07, 6.45) is -0.871. The van der Waals surface area contributed by atoms with Gasteiger partial charge in [-0.15, -0.1) is 0 Å². The second-order valence-electron chi connectivity index (χ2n) is 5.32. The number of anilines is 1. The summed E-state index contributed by atoms with van der Waals surface area (Å²) in [5, 5.41) is 5.74. The molecule has 1 atom stereocenters. The third-order valence-corrected chi connectivity index (χ3v) is 3.93. The summed E-state index contributed by atoms with van der Waals surface area (Å²) in [5.41, 5.74) is 3.43. The molecule has 0 bridgehead atoms. The fourth-order valence-corrected chi connectivity index (χ4v) is 2.26. The first-order valence-corrected chi connectivity index (χ1v) is 8.16. The molecule has 1 amide bonds. The lowest BCUT2D eigenvalue weighted by Gasteiger charge is -2.27. The van der Waals surface area contributed by atoms with Crippen LogP contribution in [0.2, 0.25) is 0 Å². The van der Waals surface area contributed by atoms with Gasteiger partial charge in [0.1, 0.15) is 6.17 Å². The molecule has 0 aromatic heterocycles. The number of rotatable bonds is 4. The zero-order valence-electron chi connectivity index (χ0n) is 12.7. The van der Waals surface area contributed by atoms with Gasteiger partial charge in [0.15, 0.2) is 0 Å². The molecule has 0 saturated heterocycles. The Morgan fingerprint density at radius 2 is 1.39 bits per heavy atom. The third-order valence-electron chi connectivity index (χ3n) is 3.28. The highest BCUT2D eigenvalue weighted by atomic mass is 35.6. The van der Waals surface area contributed by atoms with Gasteiger partial charge in [0.25, 0.3) is 5.91 Å².